The normalized spacial score (nSPS) is 26.1. The van der Waals surface area contributed by atoms with E-state index < -0.39 is 0 Å². The third kappa shape index (κ3) is 5.84. The van der Waals surface area contributed by atoms with Gasteiger partial charge in [0.2, 0.25) is 0 Å². The molecule has 102 valence electrons. The van der Waals surface area contributed by atoms with Gasteiger partial charge >= 0.3 is 0 Å². The summed E-state index contributed by atoms with van der Waals surface area (Å²) in [5.41, 5.74) is 0. The summed E-state index contributed by atoms with van der Waals surface area (Å²) in [6.07, 6.45) is 6.95. The van der Waals surface area contributed by atoms with Crippen LogP contribution < -0.4 is 5.32 Å². The summed E-state index contributed by atoms with van der Waals surface area (Å²) < 4.78 is 0. The van der Waals surface area contributed by atoms with Gasteiger partial charge in [-0.1, -0.05) is 33.1 Å². The van der Waals surface area contributed by atoms with Crippen molar-refractivity contribution in [3.8, 4) is 0 Å². The van der Waals surface area contributed by atoms with Crippen molar-refractivity contribution in [1.82, 2.24) is 10.2 Å². The highest BCUT2D eigenvalue weighted by atomic mass is 16.3. The molecule has 1 aliphatic rings. The second-order valence-corrected chi connectivity index (χ2v) is 5.20. The van der Waals surface area contributed by atoms with E-state index in [1.54, 1.807) is 0 Å². The molecule has 0 aromatic heterocycles. The molecule has 0 aromatic rings. The first-order chi connectivity index (χ1) is 8.27. The van der Waals surface area contributed by atoms with Gasteiger partial charge in [0.25, 0.3) is 0 Å². The Kier molecular flexibility index (Phi) is 7.82. The van der Waals surface area contributed by atoms with Gasteiger partial charge in [-0.25, -0.2) is 0 Å². The molecule has 2 N–H and O–H groups in total. The number of likely N-dealkylation sites (N-methyl/N-ethyl adjacent to an activating group) is 1. The van der Waals surface area contributed by atoms with Crippen LogP contribution >= 0.6 is 0 Å². The van der Waals surface area contributed by atoms with Crippen molar-refractivity contribution in [3.05, 3.63) is 0 Å². The van der Waals surface area contributed by atoms with Crippen LogP contribution in [0, 0.1) is 0 Å². The molecule has 0 saturated heterocycles. The zero-order valence-electron chi connectivity index (χ0n) is 11.6. The Morgan fingerprint density at radius 3 is 2.59 bits per heavy atom. The van der Waals surface area contributed by atoms with Gasteiger partial charge in [-0.2, -0.15) is 0 Å². The molecule has 3 heteroatoms. The predicted molar refractivity (Wildman–Crippen MR) is 73.3 cm³/mol. The zero-order chi connectivity index (χ0) is 12.5. The average Bonchev–Trinajstić information content (AvgIpc) is 2.53. The SMILES string of the molecule is CCCN(CC)CCNC1CCCCCC1O. The monoisotopic (exact) mass is 242 g/mol. The molecule has 0 aliphatic heterocycles. The summed E-state index contributed by atoms with van der Waals surface area (Å²) in [7, 11) is 0. The topological polar surface area (TPSA) is 35.5 Å². The van der Waals surface area contributed by atoms with E-state index in [-0.39, 0.29) is 6.10 Å². The predicted octanol–water partition coefficient (Wildman–Crippen LogP) is 2.00. The van der Waals surface area contributed by atoms with Crippen molar-refractivity contribution in [2.24, 2.45) is 0 Å². The highest BCUT2D eigenvalue weighted by molar-refractivity contribution is 4.79. The van der Waals surface area contributed by atoms with Crippen LogP contribution in [-0.4, -0.2) is 48.3 Å². The third-order valence-electron chi connectivity index (χ3n) is 3.80. The van der Waals surface area contributed by atoms with Gasteiger partial charge in [-0.3, -0.25) is 0 Å². The minimum absolute atomic E-state index is 0.126. The molecule has 17 heavy (non-hydrogen) atoms. The molecule has 2 atom stereocenters. The molecule has 1 rings (SSSR count). The summed E-state index contributed by atoms with van der Waals surface area (Å²) in [5.74, 6) is 0. The lowest BCUT2D eigenvalue weighted by molar-refractivity contribution is 0.118. The van der Waals surface area contributed by atoms with Crippen molar-refractivity contribution >= 4 is 0 Å². The number of hydrogen-bond acceptors (Lipinski definition) is 3. The molecule has 3 nitrogen and oxygen atoms in total. The standard InChI is InChI=1S/C14H30N2O/c1-3-11-16(4-2)12-10-15-13-8-6-5-7-9-14(13)17/h13-15,17H,3-12H2,1-2H3. The van der Waals surface area contributed by atoms with Gasteiger partial charge in [-0.05, 0) is 32.4 Å². The quantitative estimate of drug-likeness (QED) is 0.670. The number of aliphatic hydroxyl groups is 1. The molecule has 0 spiro atoms. The van der Waals surface area contributed by atoms with Gasteiger partial charge in [0.1, 0.15) is 0 Å². The number of hydrogen-bond donors (Lipinski definition) is 2. The van der Waals surface area contributed by atoms with Crippen molar-refractivity contribution in [1.29, 1.82) is 0 Å². The van der Waals surface area contributed by atoms with Gasteiger partial charge < -0.3 is 15.3 Å². The first-order valence-electron chi connectivity index (χ1n) is 7.41. The smallest absolute Gasteiger partial charge is 0.0693 e. The molecule has 0 aromatic carbocycles. The molecule has 0 radical (unpaired) electrons. The van der Waals surface area contributed by atoms with Crippen LogP contribution in [0.2, 0.25) is 0 Å². The number of aliphatic hydroxyl groups excluding tert-OH is 1. The fraction of sp³-hybridized carbons (Fsp3) is 1.00. The van der Waals surface area contributed by atoms with E-state index in [1.807, 2.05) is 0 Å². The maximum Gasteiger partial charge on any atom is 0.0693 e. The molecule has 1 aliphatic carbocycles. The van der Waals surface area contributed by atoms with Crippen molar-refractivity contribution < 1.29 is 5.11 Å². The second-order valence-electron chi connectivity index (χ2n) is 5.20. The lowest BCUT2D eigenvalue weighted by Crippen LogP contribution is -2.43. The molecule has 0 bridgehead atoms. The van der Waals surface area contributed by atoms with Gasteiger partial charge in [0, 0.05) is 19.1 Å². The van der Waals surface area contributed by atoms with E-state index in [0.29, 0.717) is 6.04 Å². The summed E-state index contributed by atoms with van der Waals surface area (Å²) in [5, 5.41) is 13.5. The van der Waals surface area contributed by atoms with Crippen molar-refractivity contribution in [2.45, 2.75) is 64.5 Å². The fourth-order valence-electron chi connectivity index (χ4n) is 2.68. The molecule has 2 unspecified atom stereocenters. The van der Waals surface area contributed by atoms with Crippen molar-refractivity contribution in [2.75, 3.05) is 26.2 Å². The number of nitrogens with zero attached hydrogens (tertiary/aromatic N) is 1. The van der Waals surface area contributed by atoms with Crippen LogP contribution in [0.3, 0.4) is 0 Å². The van der Waals surface area contributed by atoms with Gasteiger partial charge in [0.15, 0.2) is 0 Å². The van der Waals surface area contributed by atoms with Crippen LogP contribution in [0.15, 0.2) is 0 Å². The van der Waals surface area contributed by atoms with E-state index >= 15 is 0 Å². The number of rotatable bonds is 7. The summed E-state index contributed by atoms with van der Waals surface area (Å²) in [6.45, 7) is 8.87. The van der Waals surface area contributed by atoms with E-state index in [0.717, 1.165) is 32.5 Å². The summed E-state index contributed by atoms with van der Waals surface area (Å²) in [4.78, 5) is 2.47. The van der Waals surface area contributed by atoms with Crippen LogP contribution in [0.5, 0.6) is 0 Å². The minimum atomic E-state index is -0.126. The van der Waals surface area contributed by atoms with Crippen molar-refractivity contribution in [3.63, 3.8) is 0 Å². The minimum Gasteiger partial charge on any atom is -0.392 e. The van der Waals surface area contributed by atoms with E-state index in [9.17, 15) is 5.11 Å². The van der Waals surface area contributed by atoms with Crippen LogP contribution in [0.1, 0.15) is 52.4 Å². The lowest BCUT2D eigenvalue weighted by atomic mass is 10.1. The summed E-state index contributed by atoms with van der Waals surface area (Å²) in [6, 6.07) is 0.331. The Morgan fingerprint density at radius 2 is 1.88 bits per heavy atom. The maximum absolute atomic E-state index is 10.00. The molecule has 0 heterocycles. The molecular formula is C14H30N2O. The maximum atomic E-state index is 10.00. The van der Waals surface area contributed by atoms with Crippen LogP contribution in [0.25, 0.3) is 0 Å². The first kappa shape index (κ1) is 14.9. The molecule has 0 amide bonds. The highest BCUT2D eigenvalue weighted by Crippen LogP contribution is 2.17. The van der Waals surface area contributed by atoms with E-state index in [4.69, 9.17) is 0 Å². The molecule has 1 fully saturated rings. The van der Waals surface area contributed by atoms with Crippen LogP contribution in [0.4, 0.5) is 0 Å². The third-order valence-corrected chi connectivity index (χ3v) is 3.80. The Bertz CT molecular complexity index is 187. The average molecular weight is 242 g/mol. The number of nitrogens with one attached hydrogen (secondary N) is 1. The highest BCUT2D eigenvalue weighted by Gasteiger charge is 2.20. The second kappa shape index (κ2) is 8.90. The Labute approximate surface area is 107 Å². The zero-order valence-corrected chi connectivity index (χ0v) is 11.6. The molecular weight excluding hydrogens is 212 g/mol. The van der Waals surface area contributed by atoms with Crippen LogP contribution in [-0.2, 0) is 0 Å². The fourth-order valence-corrected chi connectivity index (χ4v) is 2.68. The Morgan fingerprint density at radius 1 is 1.12 bits per heavy atom. The molecule has 1 saturated carbocycles. The van der Waals surface area contributed by atoms with Gasteiger partial charge in [0.05, 0.1) is 6.10 Å². The van der Waals surface area contributed by atoms with Gasteiger partial charge in [-0.15, -0.1) is 0 Å². The Balaban J connectivity index is 2.19. The largest absolute Gasteiger partial charge is 0.392 e. The Hall–Kier alpha value is -0.120. The first-order valence-corrected chi connectivity index (χ1v) is 7.41. The summed E-state index contributed by atoms with van der Waals surface area (Å²) >= 11 is 0. The lowest BCUT2D eigenvalue weighted by Gasteiger charge is -2.25. The van der Waals surface area contributed by atoms with E-state index in [1.165, 1.54) is 32.2 Å². The van der Waals surface area contributed by atoms with E-state index in [2.05, 4.69) is 24.1 Å².